The van der Waals surface area contributed by atoms with E-state index in [1.807, 2.05) is 0 Å². The standard InChI is InChI=1S/C29H41Br/c1-5-9-13-22(7-3)20-29(21-23(8-4)14-10-6-2)27-16-12-11-15-25(27)26-18-17-24(30)19-28(26)29/h11-12,15-19,22-23H,5-10,13-14,20-21H2,1-4H3/t22-,23-/m1/s1. The topological polar surface area (TPSA) is 0 Å². The van der Waals surface area contributed by atoms with E-state index in [0.29, 0.717) is 0 Å². The van der Waals surface area contributed by atoms with Crippen LogP contribution in [0.3, 0.4) is 0 Å². The summed E-state index contributed by atoms with van der Waals surface area (Å²) in [5.41, 5.74) is 6.31. The minimum Gasteiger partial charge on any atom is -0.0654 e. The molecule has 2 atom stereocenters. The van der Waals surface area contributed by atoms with Gasteiger partial charge in [-0.3, -0.25) is 0 Å². The Hall–Kier alpha value is -1.08. The van der Waals surface area contributed by atoms with Crippen LogP contribution in [0.1, 0.15) is 103 Å². The third-order valence-corrected chi connectivity index (χ3v) is 8.08. The predicted molar refractivity (Wildman–Crippen MR) is 136 cm³/mol. The van der Waals surface area contributed by atoms with Crippen LogP contribution in [0, 0.1) is 11.8 Å². The first-order valence-corrected chi connectivity index (χ1v) is 13.3. The van der Waals surface area contributed by atoms with Crippen molar-refractivity contribution < 1.29 is 0 Å². The van der Waals surface area contributed by atoms with Crippen molar-refractivity contribution in [3.63, 3.8) is 0 Å². The van der Waals surface area contributed by atoms with Crippen molar-refractivity contribution in [2.75, 3.05) is 0 Å². The summed E-state index contributed by atoms with van der Waals surface area (Å²) in [5, 5.41) is 0. The van der Waals surface area contributed by atoms with Gasteiger partial charge in [0.2, 0.25) is 0 Å². The molecule has 0 unspecified atom stereocenters. The van der Waals surface area contributed by atoms with Crippen molar-refractivity contribution in [1.82, 2.24) is 0 Å². The molecule has 164 valence electrons. The molecule has 0 bridgehead atoms. The SMILES string of the molecule is CCCC[C@@H](CC)CC1(C[C@H](CC)CCCC)c2ccccc2-c2ccc(Br)cc21. The summed E-state index contributed by atoms with van der Waals surface area (Å²) in [6, 6.07) is 16.4. The van der Waals surface area contributed by atoms with Crippen molar-refractivity contribution in [3.8, 4) is 11.1 Å². The van der Waals surface area contributed by atoms with Crippen LogP contribution in [0.25, 0.3) is 11.1 Å². The molecule has 1 aliphatic rings. The molecule has 0 saturated heterocycles. The van der Waals surface area contributed by atoms with Crippen molar-refractivity contribution in [3.05, 3.63) is 58.1 Å². The predicted octanol–water partition coefficient (Wildman–Crippen LogP) is 9.93. The van der Waals surface area contributed by atoms with Crippen LogP contribution in [0.15, 0.2) is 46.9 Å². The Balaban J connectivity index is 2.12. The summed E-state index contributed by atoms with van der Waals surface area (Å²) in [4.78, 5) is 0. The maximum Gasteiger partial charge on any atom is 0.0220 e. The zero-order valence-electron chi connectivity index (χ0n) is 19.6. The number of hydrogen-bond acceptors (Lipinski definition) is 0. The van der Waals surface area contributed by atoms with Crippen molar-refractivity contribution >= 4 is 15.9 Å². The highest BCUT2D eigenvalue weighted by molar-refractivity contribution is 9.10. The Bertz CT molecular complexity index is 788. The lowest BCUT2D eigenvalue weighted by Crippen LogP contribution is -2.31. The maximum absolute atomic E-state index is 3.81. The van der Waals surface area contributed by atoms with Gasteiger partial charge in [-0.25, -0.2) is 0 Å². The second kappa shape index (κ2) is 11.0. The highest BCUT2D eigenvalue weighted by atomic mass is 79.9. The van der Waals surface area contributed by atoms with Gasteiger partial charge in [0, 0.05) is 9.89 Å². The fourth-order valence-electron chi connectivity index (χ4n) is 5.82. The van der Waals surface area contributed by atoms with Crippen molar-refractivity contribution in [1.29, 1.82) is 0 Å². The van der Waals surface area contributed by atoms with Gasteiger partial charge in [-0.2, -0.15) is 0 Å². The molecule has 0 spiro atoms. The van der Waals surface area contributed by atoms with E-state index in [1.165, 1.54) is 79.8 Å². The van der Waals surface area contributed by atoms with Crippen LogP contribution in [-0.2, 0) is 5.41 Å². The summed E-state index contributed by atoms with van der Waals surface area (Å²) in [6.07, 6.45) is 13.2. The molecule has 3 rings (SSSR count). The largest absolute Gasteiger partial charge is 0.0654 e. The molecule has 1 heteroatoms. The molecule has 2 aromatic carbocycles. The number of hydrogen-bond donors (Lipinski definition) is 0. The van der Waals surface area contributed by atoms with Gasteiger partial charge in [0.15, 0.2) is 0 Å². The van der Waals surface area contributed by atoms with Gasteiger partial charge in [-0.15, -0.1) is 0 Å². The third kappa shape index (κ3) is 4.87. The van der Waals surface area contributed by atoms with E-state index < -0.39 is 0 Å². The van der Waals surface area contributed by atoms with Gasteiger partial charge in [-0.05, 0) is 59.1 Å². The zero-order chi connectivity index (χ0) is 21.6. The van der Waals surface area contributed by atoms with E-state index in [1.54, 1.807) is 11.1 Å². The second-order valence-electron chi connectivity index (χ2n) is 9.56. The third-order valence-electron chi connectivity index (χ3n) is 7.59. The van der Waals surface area contributed by atoms with Crippen LogP contribution in [0.2, 0.25) is 0 Å². The second-order valence-corrected chi connectivity index (χ2v) is 10.5. The Morgan fingerprint density at radius 3 is 1.87 bits per heavy atom. The summed E-state index contributed by atoms with van der Waals surface area (Å²) in [5.74, 6) is 1.60. The van der Waals surface area contributed by atoms with E-state index >= 15 is 0 Å². The quantitative estimate of drug-likeness (QED) is 0.290. The normalized spacial score (nSPS) is 16.2. The first-order chi connectivity index (χ1) is 14.6. The summed E-state index contributed by atoms with van der Waals surface area (Å²) < 4.78 is 1.22. The highest BCUT2D eigenvalue weighted by Crippen LogP contribution is 2.56. The van der Waals surface area contributed by atoms with E-state index in [4.69, 9.17) is 0 Å². The number of unbranched alkanes of at least 4 members (excludes halogenated alkanes) is 2. The van der Waals surface area contributed by atoms with E-state index in [9.17, 15) is 0 Å². The molecule has 2 aromatic rings. The molecule has 0 aromatic heterocycles. The Labute approximate surface area is 194 Å². The fourth-order valence-corrected chi connectivity index (χ4v) is 6.18. The van der Waals surface area contributed by atoms with Gasteiger partial charge in [0.05, 0.1) is 0 Å². The number of benzene rings is 2. The zero-order valence-corrected chi connectivity index (χ0v) is 21.2. The van der Waals surface area contributed by atoms with Crippen LogP contribution >= 0.6 is 15.9 Å². The monoisotopic (exact) mass is 468 g/mol. The van der Waals surface area contributed by atoms with Crippen LogP contribution in [-0.4, -0.2) is 0 Å². The average Bonchev–Trinajstić information content (AvgIpc) is 3.03. The average molecular weight is 470 g/mol. The first kappa shape index (κ1) is 23.6. The highest BCUT2D eigenvalue weighted by Gasteiger charge is 2.45. The lowest BCUT2D eigenvalue weighted by Gasteiger charge is -2.38. The van der Waals surface area contributed by atoms with Crippen LogP contribution < -0.4 is 0 Å². The van der Waals surface area contributed by atoms with Gasteiger partial charge >= 0.3 is 0 Å². The first-order valence-electron chi connectivity index (χ1n) is 12.5. The minimum absolute atomic E-state index is 0.165. The molecular formula is C29H41Br. The smallest absolute Gasteiger partial charge is 0.0220 e. The Morgan fingerprint density at radius 1 is 0.733 bits per heavy atom. The number of halogens is 1. The van der Waals surface area contributed by atoms with E-state index in [-0.39, 0.29) is 5.41 Å². The molecule has 0 fully saturated rings. The Morgan fingerprint density at radius 2 is 1.30 bits per heavy atom. The van der Waals surface area contributed by atoms with Gasteiger partial charge in [0.25, 0.3) is 0 Å². The number of rotatable bonds is 12. The van der Waals surface area contributed by atoms with E-state index in [0.717, 1.165) is 11.8 Å². The molecular weight excluding hydrogens is 428 g/mol. The molecule has 0 nitrogen and oxygen atoms in total. The van der Waals surface area contributed by atoms with Gasteiger partial charge in [-0.1, -0.05) is 125 Å². The molecule has 0 heterocycles. The lowest BCUT2D eigenvalue weighted by molar-refractivity contribution is 0.266. The molecule has 0 aliphatic heterocycles. The Kier molecular flexibility index (Phi) is 8.63. The van der Waals surface area contributed by atoms with Gasteiger partial charge < -0.3 is 0 Å². The maximum atomic E-state index is 3.81. The van der Waals surface area contributed by atoms with Gasteiger partial charge in [0.1, 0.15) is 0 Å². The summed E-state index contributed by atoms with van der Waals surface area (Å²) in [7, 11) is 0. The van der Waals surface area contributed by atoms with Crippen molar-refractivity contribution in [2.45, 2.75) is 97.3 Å². The summed E-state index contributed by atoms with van der Waals surface area (Å²) >= 11 is 3.81. The molecule has 0 N–H and O–H groups in total. The van der Waals surface area contributed by atoms with E-state index in [2.05, 4.69) is 86.1 Å². The molecule has 30 heavy (non-hydrogen) atoms. The van der Waals surface area contributed by atoms with Crippen LogP contribution in [0.4, 0.5) is 0 Å². The fraction of sp³-hybridized carbons (Fsp3) is 0.586. The molecule has 0 radical (unpaired) electrons. The summed E-state index contributed by atoms with van der Waals surface area (Å²) in [6.45, 7) is 9.48. The molecule has 0 amide bonds. The minimum atomic E-state index is 0.165. The van der Waals surface area contributed by atoms with Crippen molar-refractivity contribution in [2.24, 2.45) is 11.8 Å². The lowest BCUT2D eigenvalue weighted by atomic mass is 9.65. The number of fused-ring (bicyclic) bond motifs is 3. The molecule has 0 saturated carbocycles. The molecule has 1 aliphatic carbocycles. The van der Waals surface area contributed by atoms with Crippen LogP contribution in [0.5, 0.6) is 0 Å².